The summed E-state index contributed by atoms with van der Waals surface area (Å²) in [5.41, 5.74) is 1.71. The van der Waals surface area contributed by atoms with Crippen molar-refractivity contribution >= 4 is 11.6 Å². The molecule has 1 saturated heterocycles. The number of rotatable bonds is 1. The van der Waals surface area contributed by atoms with Gasteiger partial charge in [0.1, 0.15) is 5.15 Å². The second kappa shape index (κ2) is 3.29. The van der Waals surface area contributed by atoms with Crippen LogP contribution in [0.5, 0.6) is 0 Å². The summed E-state index contributed by atoms with van der Waals surface area (Å²) in [4.78, 5) is 0. The molecule has 1 aliphatic rings. The van der Waals surface area contributed by atoms with Crippen LogP contribution in [0.4, 0.5) is 0 Å². The quantitative estimate of drug-likeness (QED) is 0.691. The fraction of sp³-hybridized carbons (Fsp3) is 0.625. The first-order chi connectivity index (χ1) is 6.20. The van der Waals surface area contributed by atoms with Gasteiger partial charge in [0.25, 0.3) is 0 Å². The number of halogens is 1. The van der Waals surface area contributed by atoms with E-state index in [-0.39, 0.29) is 6.29 Å². The van der Waals surface area contributed by atoms with Crippen molar-refractivity contribution in [3.63, 3.8) is 0 Å². The van der Waals surface area contributed by atoms with E-state index in [1.165, 1.54) is 0 Å². The molecule has 72 valence electrons. The molecule has 1 aliphatic heterocycles. The first kappa shape index (κ1) is 8.99. The summed E-state index contributed by atoms with van der Waals surface area (Å²) in [6, 6.07) is 0. The van der Waals surface area contributed by atoms with E-state index in [0.29, 0.717) is 18.4 Å². The average Bonchev–Trinajstić information content (AvgIpc) is 2.63. The fourth-order valence-electron chi connectivity index (χ4n) is 1.44. The van der Waals surface area contributed by atoms with Gasteiger partial charge in [-0.2, -0.15) is 5.10 Å². The van der Waals surface area contributed by atoms with Crippen LogP contribution >= 0.6 is 11.6 Å². The van der Waals surface area contributed by atoms with Crippen molar-refractivity contribution in [3.05, 3.63) is 16.4 Å². The van der Waals surface area contributed by atoms with Crippen LogP contribution < -0.4 is 0 Å². The maximum atomic E-state index is 6.03. The molecule has 0 N–H and O–H groups in total. The van der Waals surface area contributed by atoms with Gasteiger partial charge < -0.3 is 9.47 Å². The Morgan fingerprint density at radius 1 is 1.46 bits per heavy atom. The molecule has 0 aromatic carbocycles. The van der Waals surface area contributed by atoms with E-state index in [0.717, 1.165) is 11.3 Å². The third kappa shape index (κ3) is 1.45. The molecular weight excluding hydrogens is 192 g/mol. The lowest BCUT2D eigenvalue weighted by molar-refractivity contribution is -0.0444. The number of nitrogens with zero attached hydrogens (tertiary/aromatic N) is 2. The molecule has 0 saturated carbocycles. The van der Waals surface area contributed by atoms with Gasteiger partial charge in [0.2, 0.25) is 0 Å². The smallest absolute Gasteiger partial charge is 0.188 e. The van der Waals surface area contributed by atoms with Gasteiger partial charge in [-0.3, -0.25) is 4.68 Å². The summed E-state index contributed by atoms with van der Waals surface area (Å²) in [5, 5.41) is 4.77. The molecule has 0 atom stereocenters. The predicted molar refractivity (Wildman–Crippen MR) is 47.6 cm³/mol. The molecule has 1 fully saturated rings. The summed E-state index contributed by atoms with van der Waals surface area (Å²) < 4.78 is 12.3. The Labute approximate surface area is 81.4 Å². The van der Waals surface area contributed by atoms with Gasteiger partial charge in [0.05, 0.1) is 24.5 Å². The van der Waals surface area contributed by atoms with Crippen molar-refractivity contribution in [1.29, 1.82) is 0 Å². The van der Waals surface area contributed by atoms with Crippen molar-refractivity contribution < 1.29 is 9.47 Å². The molecular formula is C8H11ClN2O2. The summed E-state index contributed by atoms with van der Waals surface area (Å²) in [7, 11) is 1.80. The highest BCUT2D eigenvalue weighted by Crippen LogP contribution is 2.31. The number of ether oxygens (including phenoxy) is 2. The van der Waals surface area contributed by atoms with E-state index < -0.39 is 0 Å². The van der Waals surface area contributed by atoms with Crippen molar-refractivity contribution in [1.82, 2.24) is 9.78 Å². The maximum Gasteiger partial charge on any atom is 0.188 e. The number of hydrogen-bond acceptors (Lipinski definition) is 3. The van der Waals surface area contributed by atoms with Gasteiger partial charge in [-0.1, -0.05) is 11.6 Å². The molecule has 0 unspecified atom stereocenters. The van der Waals surface area contributed by atoms with Crippen molar-refractivity contribution in [2.45, 2.75) is 13.2 Å². The largest absolute Gasteiger partial charge is 0.346 e. The van der Waals surface area contributed by atoms with Crippen LogP contribution in [-0.2, 0) is 16.5 Å². The van der Waals surface area contributed by atoms with Crippen LogP contribution in [0.25, 0.3) is 0 Å². The second-order valence-corrected chi connectivity index (χ2v) is 3.35. The van der Waals surface area contributed by atoms with Gasteiger partial charge in [-0.05, 0) is 6.92 Å². The SMILES string of the molecule is Cc1nn(C)c(Cl)c1C1OCCO1. The fourth-order valence-corrected chi connectivity index (χ4v) is 1.70. The molecule has 1 aromatic heterocycles. The molecule has 2 rings (SSSR count). The lowest BCUT2D eigenvalue weighted by Crippen LogP contribution is -1.99. The number of aryl methyl sites for hydroxylation is 2. The van der Waals surface area contributed by atoms with Crippen LogP contribution in [-0.4, -0.2) is 23.0 Å². The van der Waals surface area contributed by atoms with Crippen LogP contribution in [0.2, 0.25) is 5.15 Å². The lowest BCUT2D eigenvalue weighted by atomic mass is 10.2. The van der Waals surface area contributed by atoms with Crippen molar-refractivity contribution in [3.8, 4) is 0 Å². The van der Waals surface area contributed by atoms with Crippen LogP contribution in [0.15, 0.2) is 0 Å². The molecule has 5 heteroatoms. The molecule has 0 bridgehead atoms. The van der Waals surface area contributed by atoms with E-state index in [2.05, 4.69) is 5.10 Å². The van der Waals surface area contributed by atoms with E-state index in [1.54, 1.807) is 11.7 Å². The predicted octanol–water partition coefficient (Wildman–Crippen LogP) is 1.43. The average molecular weight is 203 g/mol. The van der Waals surface area contributed by atoms with Gasteiger partial charge in [0.15, 0.2) is 6.29 Å². The third-order valence-corrected chi connectivity index (χ3v) is 2.50. The first-order valence-electron chi connectivity index (χ1n) is 4.12. The second-order valence-electron chi connectivity index (χ2n) is 2.99. The van der Waals surface area contributed by atoms with Crippen LogP contribution in [0, 0.1) is 6.92 Å². The first-order valence-corrected chi connectivity index (χ1v) is 4.50. The summed E-state index contributed by atoms with van der Waals surface area (Å²) in [5.74, 6) is 0. The molecule has 13 heavy (non-hydrogen) atoms. The summed E-state index contributed by atoms with van der Waals surface area (Å²) in [6.07, 6.45) is -0.332. The Kier molecular flexibility index (Phi) is 2.27. The Bertz CT molecular complexity index is 318. The standard InChI is InChI=1S/C8H11ClN2O2/c1-5-6(7(9)11(2)10-5)8-12-3-4-13-8/h8H,3-4H2,1-2H3. The van der Waals surface area contributed by atoms with Gasteiger partial charge >= 0.3 is 0 Å². The molecule has 1 aromatic rings. The Balaban J connectivity index is 2.37. The Hall–Kier alpha value is -0.580. The molecule has 0 radical (unpaired) electrons. The highest BCUT2D eigenvalue weighted by molar-refractivity contribution is 6.30. The highest BCUT2D eigenvalue weighted by atomic mass is 35.5. The van der Waals surface area contributed by atoms with Gasteiger partial charge in [-0.15, -0.1) is 0 Å². The molecule has 2 heterocycles. The van der Waals surface area contributed by atoms with E-state index >= 15 is 0 Å². The van der Waals surface area contributed by atoms with Crippen molar-refractivity contribution in [2.75, 3.05) is 13.2 Å². The third-order valence-electron chi connectivity index (χ3n) is 2.05. The summed E-state index contributed by atoms with van der Waals surface area (Å²) >= 11 is 6.03. The van der Waals surface area contributed by atoms with Crippen LogP contribution in [0.1, 0.15) is 17.5 Å². The molecule has 4 nitrogen and oxygen atoms in total. The summed E-state index contributed by atoms with van der Waals surface area (Å²) in [6.45, 7) is 3.14. The van der Waals surface area contributed by atoms with Crippen molar-refractivity contribution in [2.24, 2.45) is 7.05 Å². The Morgan fingerprint density at radius 3 is 2.54 bits per heavy atom. The monoisotopic (exact) mass is 202 g/mol. The van der Waals surface area contributed by atoms with Gasteiger partial charge in [0, 0.05) is 7.05 Å². The maximum absolute atomic E-state index is 6.03. The molecule has 0 amide bonds. The number of aromatic nitrogens is 2. The van der Waals surface area contributed by atoms with E-state index in [1.807, 2.05) is 6.92 Å². The van der Waals surface area contributed by atoms with Gasteiger partial charge in [-0.25, -0.2) is 0 Å². The minimum atomic E-state index is -0.332. The zero-order valence-corrected chi connectivity index (χ0v) is 8.34. The zero-order valence-electron chi connectivity index (χ0n) is 7.58. The lowest BCUT2D eigenvalue weighted by Gasteiger charge is -2.07. The van der Waals surface area contributed by atoms with Crippen LogP contribution in [0.3, 0.4) is 0 Å². The molecule has 0 spiro atoms. The zero-order chi connectivity index (χ0) is 9.42. The number of hydrogen-bond donors (Lipinski definition) is 0. The molecule has 0 aliphatic carbocycles. The van der Waals surface area contributed by atoms with E-state index in [4.69, 9.17) is 21.1 Å². The Morgan fingerprint density at radius 2 is 2.08 bits per heavy atom. The van der Waals surface area contributed by atoms with E-state index in [9.17, 15) is 0 Å². The highest BCUT2D eigenvalue weighted by Gasteiger charge is 2.25. The normalized spacial score (nSPS) is 18.4. The minimum absolute atomic E-state index is 0.332. The topological polar surface area (TPSA) is 36.3 Å². The minimum Gasteiger partial charge on any atom is -0.346 e.